The predicted octanol–water partition coefficient (Wildman–Crippen LogP) is 2.65. The van der Waals surface area contributed by atoms with Gasteiger partial charge in [-0.25, -0.2) is 14.2 Å². The monoisotopic (exact) mass is 336 g/mol. The van der Waals surface area contributed by atoms with Crippen molar-refractivity contribution in [3.63, 3.8) is 0 Å². The molecule has 3 N–H and O–H groups in total. The predicted molar refractivity (Wildman–Crippen MR) is 87.1 cm³/mol. The number of carbonyl (C=O) groups excluding carboxylic acids is 2. The van der Waals surface area contributed by atoms with Crippen molar-refractivity contribution < 1.29 is 14.0 Å². The van der Waals surface area contributed by atoms with Crippen LogP contribution < -0.4 is 11.1 Å². The molecule has 23 heavy (non-hydrogen) atoms. The first kappa shape index (κ1) is 16.9. The summed E-state index contributed by atoms with van der Waals surface area (Å²) < 4.78 is 13.4. The van der Waals surface area contributed by atoms with Crippen molar-refractivity contribution >= 4 is 29.0 Å². The van der Waals surface area contributed by atoms with Gasteiger partial charge in [0.05, 0.1) is 10.6 Å². The van der Waals surface area contributed by atoms with Gasteiger partial charge >= 0.3 is 6.03 Å². The summed E-state index contributed by atoms with van der Waals surface area (Å²) in [6, 6.07) is 3.31. The summed E-state index contributed by atoms with van der Waals surface area (Å²) in [4.78, 5) is 29.0. The van der Waals surface area contributed by atoms with Gasteiger partial charge in [0.2, 0.25) is 0 Å². The number of nitrogens with one attached hydrogen (secondary N) is 1. The molecule has 8 heteroatoms. The first-order valence-corrected chi connectivity index (χ1v) is 7.77. The molecule has 0 radical (unpaired) electrons. The molecular weight excluding hydrogens is 319 g/mol. The second-order valence-electron chi connectivity index (χ2n) is 5.14. The highest BCUT2D eigenvalue weighted by Gasteiger charge is 2.16. The molecule has 1 heterocycles. The summed E-state index contributed by atoms with van der Waals surface area (Å²) in [5.74, 6) is -1.51. The van der Waals surface area contributed by atoms with Crippen LogP contribution in [0.3, 0.4) is 0 Å². The number of anilines is 1. The van der Waals surface area contributed by atoms with E-state index in [1.165, 1.54) is 28.4 Å². The van der Waals surface area contributed by atoms with E-state index in [0.717, 1.165) is 11.1 Å². The third kappa shape index (κ3) is 4.26. The number of hydrogen-bond donors (Lipinski definition) is 2. The van der Waals surface area contributed by atoms with Crippen LogP contribution in [0, 0.1) is 5.82 Å². The summed E-state index contributed by atoms with van der Waals surface area (Å²) >= 11 is 1.53. The zero-order valence-electron chi connectivity index (χ0n) is 12.7. The SMILES string of the molecule is C[C@@H](CN(C)C(=O)Nc1ccc(F)c(C(N)=O)c1)c1nccs1. The van der Waals surface area contributed by atoms with E-state index in [0.29, 0.717) is 12.2 Å². The molecule has 6 nitrogen and oxygen atoms in total. The summed E-state index contributed by atoms with van der Waals surface area (Å²) in [6.07, 6.45) is 1.72. The Morgan fingerprint density at radius 1 is 1.48 bits per heavy atom. The Kier molecular flexibility index (Phi) is 5.28. The molecule has 0 unspecified atom stereocenters. The molecule has 0 aliphatic rings. The van der Waals surface area contributed by atoms with Crippen molar-refractivity contribution in [2.45, 2.75) is 12.8 Å². The first-order valence-electron chi connectivity index (χ1n) is 6.89. The molecule has 1 aromatic heterocycles. The lowest BCUT2D eigenvalue weighted by Gasteiger charge is -2.21. The maximum atomic E-state index is 13.4. The third-order valence-corrected chi connectivity index (χ3v) is 4.26. The van der Waals surface area contributed by atoms with Gasteiger partial charge in [-0.3, -0.25) is 4.79 Å². The van der Waals surface area contributed by atoms with Crippen molar-refractivity contribution in [1.82, 2.24) is 9.88 Å². The number of nitrogens with two attached hydrogens (primary N) is 1. The fourth-order valence-corrected chi connectivity index (χ4v) is 2.75. The van der Waals surface area contributed by atoms with Gasteiger partial charge in [0, 0.05) is 36.8 Å². The molecule has 2 aromatic rings. The Morgan fingerprint density at radius 2 is 2.22 bits per heavy atom. The largest absolute Gasteiger partial charge is 0.366 e. The van der Waals surface area contributed by atoms with Crippen LogP contribution in [0.25, 0.3) is 0 Å². The number of halogens is 1. The topological polar surface area (TPSA) is 88.3 Å². The van der Waals surface area contributed by atoms with E-state index in [9.17, 15) is 14.0 Å². The maximum Gasteiger partial charge on any atom is 0.321 e. The number of aromatic nitrogens is 1. The lowest BCUT2D eigenvalue weighted by molar-refractivity contribution is 0.0996. The minimum atomic E-state index is -0.885. The van der Waals surface area contributed by atoms with Gasteiger partial charge in [-0.15, -0.1) is 11.3 Å². The molecular formula is C15H17FN4O2S. The highest BCUT2D eigenvalue weighted by molar-refractivity contribution is 7.09. The summed E-state index contributed by atoms with van der Waals surface area (Å²) in [5, 5.41) is 5.44. The molecule has 0 aliphatic carbocycles. The van der Waals surface area contributed by atoms with Crippen molar-refractivity contribution in [1.29, 1.82) is 0 Å². The number of amides is 3. The van der Waals surface area contributed by atoms with Crippen LogP contribution in [0.1, 0.15) is 28.2 Å². The van der Waals surface area contributed by atoms with Crippen molar-refractivity contribution in [2.75, 3.05) is 18.9 Å². The van der Waals surface area contributed by atoms with E-state index in [4.69, 9.17) is 5.73 Å². The maximum absolute atomic E-state index is 13.4. The number of thiazole rings is 1. The normalized spacial score (nSPS) is 11.8. The lowest BCUT2D eigenvalue weighted by atomic mass is 10.1. The van der Waals surface area contributed by atoms with Crippen LogP contribution in [0.5, 0.6) is 0 Å². The highest BCUT2D eigenvalue weighted by atomic mass is 32.1. The number of rotatable bonds is 5. The van der Waals surface area contributed by atoms with Gasteiger partial charge in [0.1, 0.15) is 5.82 Å². The van der Waals surface area contributed by atoms with Gasteiger partial charge in [0.25, 0.3) is 5.91 Å². The second kappa shape index (κ2) is 7.19. The molecule has 0 spiro atoms. The highest BCUT2D eigenvalue weighted by Crippen LogP contribution is 2.19. The first-order chi connectivity index (χ1) is 10.9. The number of carbonyl (C=O) groups is 2. The van der Waals surface area contributed by atoms with E-state index in [-0.39, 0.29) is 17.5 Å². The summed E-state index contributed by atoms with van der Waals surface area (Å²) in [5.41, 5.74) is 5.13. The van der Waals surface area contributed by atoms with Gasteiger partial charge in [0.15, 0.2) is 0 Å². The van der Waals surface area contributed by atoms with Gasteiger partial charge < -0.3 is 16.0 Å². The summed E-state index contributed by atoms with van der Waals surface area (Å²) in [7, 11) is 1.65. The van der Waals surface area contributed by atoms with E-state index >= 15 is 0 Å². The minimum Gasteiger partial charge on any atom is -0.366 e. The second-order valence-corrected chi connectivity index (χ2v) is 6.07. The molecule has 1 aromatic carbocycles. The Hall–Kier alpha value is -2.48. The van der Waals surface area contributed by atoms with Crippen LogP contribution in [-0.4, -0.2) is 35.4 Å². The number of primary amides is 1. The average Bonchev–Trinajstić information content (AvgIpc) is 3.03. The molecule has 3 amide bonds. The Labute approximate surface area is 137 Å². The molecule has 2 rings (SSSR count). The number of hydrogen-bond acceptors (Lipinski definition) is 4. The van der Waals surface area contributed by atoms with Crippen LogP contribution in [0.4, 0.5) is 14.9 Å². The minimum absolute atomic E-state index is 0.0974. The van der Waals surface area contributed by atoms with E-state index < -0.39 is 11.7 Å². The molecule has 0 saturated carbocycles. The van der Waals surface area contributed by atoms with E-state index in [1.54, 1.807) is 13.2 Å². The fourth-order valence-electron chi connectivity index (χ4n) is 2.06. The van der Waals surface area contributed by atoms with Crippen molar-refractivity contribution in [2.24, 2.45) is 5.73 Å². The van der Waals surface area contributed by atoms with Crippen molar-refractivity contribution in [3.05, 3.63) is 46.2 Å². The van der Waals surface area contributed by atoms with Crippen LogP contribution in [-0.2, 0) is 0 Å². The Morgan fingerprint density at radius 3 is 2.83 bits per heavy atom. The van der Waals surface area contributed by atoms with Crippen LogP contribution >= 0.6 is 11.3 Å². The number of benzene rings is 1. The number of urea groups is 1. The zero-order chi connectivity index (χ0) is 17.0. The van der Waals surface area contributed by atoms with Gasteiger partial charge in [-0.1, -0.05) is 6.92 Å². The Balaban J connectivity index is 2.01. The fraction of sp³-hybridized carbons (Fsp3) is 0.267. The van der Waals surface area contributed by atoms with E-state index in [1.807, 2.05) is 12.3 Å². The smallest absolute Gasteiger partial charge is 0.321 e. The molecule has 0 fully saturated rings. The molecule has 1 atom stereocenters. The molecule has 122 valence electrons. The van der Waals surface area contributed by atoms with Crippen molar-refractivity contribution in [3.8, 4) is 0 Å². The molecule has 0 saturated heterocycles. The third-order valence-electron chi connectivity index (χ3n) is 3.25. The van der Waals surface area contributed by atoms with Crippen LogP contribution in [0.15, 0.2) is 29.8 Å². The Bertz CT molecular complexity index is 706. The number of nitrogens with zero attached hydrogens (tertiary/aromatic N) is 2. The van der Waals surface area contributed by atoms with Gasteiger partial charge in [-0.2, -0.15) is 0 Å². The molecule has 0 bridgehead atoms. The van der Waals surface area contributed by atoms with Gasteiger partial charge in [-0.05, 0) is 18.2 Å². The van der Waals surface area contributed by atoms with Crippen LogP contribution in [0.2, 0.25) is 0 Å². The average molecular weight is 336 g/mol. The standard InChI is InChI=1S/C15H17FN4O2S/c1-9(14-18-5-6-23-14)8-20(2)15(22)19-10-3-4-12(16)11(7-10)13(17)21/h3-7,9H,8H2,1-2H3,(H2,17,21)(H,19,22)/t9-/m0/s1. The zero-order valence-corrected chi connectivity index (χ0v) is 13.6. The quantitative estimate of drug-likeness (QED) is 0.880. The lowest BCUT2D eigenvalue weighted by Crippen LogP contribution is -2.34. The van der Waals surface area contributed by atoms with E-state index in [2.05, 4.69) is 10.3 Å². The number of likely N-dealkylation sites (N-methyl/N-ethyl adjacent to an activating group) is 1. The summed E-state index contributed by atoms with van der Waals surface area (Å²) in [6.45, 7) is 2.45. The molecule has 0 aliphatic heterocycles.